The number of thioether (sulfide) groups is 1. The van der Waals surface area contributed by atoms with Crippen LogP contribution in [0.5, 0.6) is 0 Å². The molecule has 3 nitrogen and oxygen atoms in total. The van der Waals surface area contributed by atoms with Gasteiger partial charge < -0.3 is 9.84 Å². The quantitative estimate of drug-likeness (QED) is 0.587. The Morgan fingerprint density at radius 3 is 2.78 bits per heavy atom. The van der Waals surface area contributed by atoms with Gasteiger partial charge in [0.2, 0.25) is 5.44 Å². The van der Waals surface area contributed by atoms with Crippen molar-refractivity contribution in [3.8, 4) is 0 Å². The van der Waals surface area contributed by atoms with Crippen LogP contribution in [0.2, 0.25) is 0 Å². The van der Waals surface area contributed by atoms with Gasteiger partial charge in [-0.2, -0.15) is 0 Å². The Morgan fingerprint density at radius 2 is 2.56 bits per heavy atom. The van der Waals surface area contributed by atoms with Gasteiger partial charge in [-0.15, -0.1) is 11.8 Å². The molecule has 1 fully saturated rings. The summed E-state index contributed by atoms with van der Waals surface area (Å²) in [5.41, 5.74) is -1.19. The van der Waals surface area contributed by atoms with Crippen LogP contribution >= 0.6 is 23.4 Å². The molecule has 0 aromatic carbocycles. The maximum atomic E-state index is 10.1. The number of ether oxygens (including phenoxy) is 1. The SMILES string of the molecule is O=C(O)[C@@H]1O[C@@H](Cl)CS1. The average Bonchev–Trinajstić information content (AvgIpc) is 2.14. The zero-order valence-corrected chi connectivity index (χ0v) is 5.98. The van der Waals surface area contributed by atoms with Crippen LogP contribution in [0.4, 0.5) is 0 Å². The van der Waals surface area contributed by atoms with Crippen molar-refractivity contribution in [3.05, 3.63) is 0 Å². The van der Waals surface area contributed by atoms with Gasteiger partial charge in [0.25, 0.3) is 0 Å². The van der Waals surface area contributed by atoms with Crippen LogP contribution in [0.3, 0.4) is 0 Å². The van der Waals surface area contributed by atoms with Crippen molar-refractivity contribution in [2.45, 2.75) is 11.0 Å². The lowest BCUT2D eigenvalue weighted by atomic mass is 10.7. The van der Waals surface area contributed by atoms with Gasteiger partial charge in [-0.1, -0.05) is 11.6 Å². The van der Waals surface area contributed by atoms with E-state index >= 15 is 0 Å². The van der Waals surface area contributed by atoms with E-state index in [9.17, 15) is 4.79 Å². The summed E-state index contributed by atoms with van der Waals surface area (Å²) in [4.78, 5) is 10.1. The van der Waals surface area contributed by atoms with E-state index in [2.05, 4.69) is 0 Å². The van der Waals surface area contributed by atoms with Gasteiger partial charge in [0.05, 0.1) is 0 Å². The van der Waals surface area contributed by atoms with Gasteiger partial charge in [0, 0.05) is 5.75 Å². The minimum Gasteiger partial charge on any atom is -0.479 e. The zero-order chi connectivity index (χ0) is 6.85. The topological polar surface area (TPSA) is 46.5 Å². The van der Waals surface area contributed by atoms with Crippen molar-refractivity contribution < 1.29 is 14.6 Å². The van der Waals surface area contributed by atoms with Crippen LogP contribution in [-0.2, 0) is 9.53 Å². The number of carboxylic acid groups (broad SMARTS) is 1. The maximum Gasteiger partial charge on any atom is 0.343 e. The van der Waals surface area contributed by atoms with Crippen molar-refractivity contribution in [3.63, 3.8) is 0 Å². The normalized spacial score (nSPS) is 34.8. The molecule has 0 saturated carbocycles. The molecular formula is C4H5ClO3S. The van der Waals surface area contributed by atoms with Crippen LogP contribution in [0, 0.1) is 0 Å². The first-order valence-corrected chi connectivity index (χ1v) is 3.82. The molecule has 0 aromatic heterocycles. The number of aliphatic carboxylic acids is 1. The van der Waals surface area contributed by atoms with E-state index < -0.39 is 17.0 Å². The summed E-state index contributed by atoms with van der Waals surface area (Å²) in [7, 11) is 0. The number of rotatable bonds is 1. The summed E-state index contributed by atoms with van der Waals surface area (Å²) in [6.07, 6.45) is 0. The van der Waals surface area contributed by atoms with E-state index in [1.165, 1.54) is 11.8 Å². The molecule has 0 bridgehead atoms. The fourth-order valence-corrected chi connectivity index (χ4v) is 1.65. The lowest BCUT2D eigenvalue weighted by molar-refractivity contribution is -0.144. The molecule has 0 amide bonds. The fraction of sp³-hybridized carbons (Fsp3) is 0.750. The predicted octanol–water partition coefficient (Wildman–Crippen LogP) is 0.725. The number of carbonyl (C=O) groups is 1. The number of hydrogen-bond acceptors (Lipinski definition) is 3. The van der Waals surface area contributed by atoms with Gasteiger partial charge in [0.15, 0.2) is 0 Å². The van der Waals surface area contributed by atoms with Crippen LogP contribution in [0.1, 0.15) is 0 Å². The van der Waals surface area contributed by atoms with Gasteiger partial charge in [-0.25, -0.2) is 4.79 Å². The molecule has 0 unspecified atom stereocenters. The molecule has 9 heavy (non-hydrogen) atoms. The fourth-order valence-electron chi connectivity index (χ4n) is 0.505. The summed E-state index contributed by atoms with van der Waals surface area (Å²) >= 11 is 6.65. The largest absolute Gasteiger partial charge is 0.479 e. The summed E-state index contributed by atoms with van der Waals surface area (Å²) in [5, 5.41) is 8.33. The molecule has 1 rings (SSSR count). The van der Waals surface area contributed by atoms with Gasteiger partial charge in [-0.05, 0) is 0 Å². The smallest absolute Gasteiger partial charge is 0.343 e. The maximum absolute atomic E-state index is 10.1. The third-order valence-corrected chi connectivity index (χ3v) is 2.40. The third kappa shape index (κ3) is 1.74. The average molecular weight is 169 g/mol. The first kappa shape index (κ1) is 7.18. The molecule has 1 aliphatic rings. The zero-order valence-electron chi connectivity index (χ0n) is 4.41. The highest BCUT2D eigenvalue weighted by Gasteiger charge is 2.29. The van der Waals surface area contributed by atoms with Crippen LogP contribution in [0.15, 0.2) is 0 Å². The van der Waals surface area contributed by atoms with E-state index in [1.54, 1.807) is 0 Å². The van der Waals surface area contributed by atoms with Gasteiger partial charge in [0.1, 0.15) is 5.56 Å². The monoisotopic (exact) mass is 168 g/mol. The lowest BCUT2D eigenvalue weighted by Crippen LogP contribution is -2.16. The summed E-state index contributed by atoms with van der Waals surface area (Å²) in [6, 6.07) is 0. The molecule has 0 aliphatic carbocycles. The summed E-state index contributed by atoms with van der Waals surface area (Å²) in [5.74, 6) is -0.401. The second kappa shape index (κ2) is 2.77. The second-order valence-electron chi connectivity index (χ2n) is 1.55. The lowest BCUT2D eigenvalue weighted by Gasteiger charge is -2.00. The molecule has 52 valence electrons. The summed E-state index contributed by atoms with van der Waals surface area (Å²) < 4.78 is 4.75. The second-order valence-corrected chi connectivity index (χ2v) is 3.13. The molecule has 1 aliphatic heterocycles. The first-order valence-electron chi connectivity index (χ1n) is 2.34. The Labute approximate surface area is 61.3 Å². The van der Waals surface area contributed by atoms with E-state index in [0.29, 0.717) is 5.75 Å². The molecule has 1 N–H and O–H groups in total. The standard InChI is InChI=1S/C4H5ClO3S/c5-2-1-9-4(8-2)3(6)7/h2,4H,1H2,(H,6,7)/t2-,4-/m1/s1. The van der Waals surface area contributed by atoms with Crippen LogP contribution in [0.25, 0.3) is 0 Å². The van der Waals surface area contributed by atoms with Crippen molar-refractivity contribution >= 4 is 29.3 Å². The Morgan fingerprint density at radius 1 is 1.89 bits per heavy atom. The third-order valence-electron chi connectivity index (χ3n) is 0.852. The van der Waals surface area contributed by atoms with E-state index in [-0.39, 0.29) is 0 Å². The molecular weight excluding hydrogens is 164 g/mol. The van der Waals surface area contributed by atoms with Crippen molar-refractivity contribution in [2.24, 2.45) is 0 Å². The van der Waals surface area contributed by atoms with Gasteiger partial charge >= 0.3 is 5.97 Å². The highest BCUT2D eigenvalue weighted by Crippen LogP contribution is 2.26. The van der Waals surface area contributed by atoms with Crippen LogP contribution in [-0.4, -0.2) is 27.8 Å². The number of carboxylic acids is 1. The molecule has 2 atom stereocenters. The molecule has 1 heterocycles. The van der Waals surface area contributed by atoms with Crippen molar-refractivity contribution in [1.82, 2.24) is 0 Å². The van der Waals surface area contributed by atoms with Gasteiger partial charge in [-0.3, -0.25) is 0 Å². The van der Waals surface area contributed by atoms with Crippen molar-refractivity contribution in [1.29, 1.82) is 0 Å². The Balaban J connectivity index is 2.39. The number of hydrogen-bond donors (Lipinski definition) is 1. The molecule has 0 radical (unpaired) electrons. The number of halogens is 1. The first-order chi connectivity index (χ1) is 4.20. The highest BCUT2D eigenvalue weighted by molar-refractivity contribution is 8.00. The minimum absolute atomic E-state index is 0.434. The molecule has 5 heteroatoms. The van der Waals surface area contributed by atoms with Crippen LogP contribution < -0.4 is 0 Å². The molecule has 1 saturated heterocycles. The Bertz CT molecular complexity index is 129. The minimum atomic E-state index is -0.955. The Hall–Kier alpha value is 0.0700. The predicted molar refractivity (Wildman–Crippen MR) is 34.6 cm³/mol. The van der Waals surface area contributed by atoms with E-state index in [1.807, 2.05) is 0 Å². The molecule has 0 aromatic rings. The highest BCUT2D eigenvalue weighted by atomic mass is 35.5. The van der Waals surface area contributed by atoms with E-state index in [0.717, 1.165) is 0 Å². The van der Waals surface area contributed by atoms with Crippen molar-refractivity contribution in [2.75, 3.05) is 5.75 Å². The summed E-state index contributed by atoms with van der Waals surface area (Å²) in [6.45, 7) is 0. The number of alkyl halides is 1. The molecule has 0 spiro atoms. The van der Waals surface area contributed by atoms with E-state index in [4.69, 9.17) is 21.4 Å². The Kier molecular flexibility index (Phi) is 2.21.